The van der Waals surface area contributed by atoms with Crippen LogP contribution in [0.5, 0.6) is 0 Å². The number of Topliss-reactive ketones (excluding diaryl/α,β-unsaturated/α-hetero) is 1. The molecule has 0 fully saturated rings. The summed E-state index contributed by atoms with van der Waals surface area (Å²) in [5.41, 5.74) is 2.70. The zero-order valence-corrected chi connectivity index (χ0v) is 13.8. The van der Waals surface area contributed by atoms with E-state index < -0.39 is 0 Å². The number of rotatable bonds is 1. The van der Waals surface area contributed by atoms with E-state index in [1.54, 1.807) is 4.68 Å². The Labute approximate surface area is 139 Å². The van der Waals surface area contributed by atoms with Gasteiger partial charge in [-0.15, -0.1) is 0 Å². The van der Waals surface area contributed by atoms with Crippen molar-refractivity contribution in [2.45, 2.75) is 32.7 Å². The van der Waals surface area contributed by atoms with E-state index in [1.165, 1.54) is 6.33 Å². The number of aromatic nitrogens is 3. The van der Waals surface area contributed by atoms with Gasteiger partial charge >= 0.3 is 0 Å². The van der Waals surface area contributed by atoms with Gasteiger partial charge in [0.05, 0.1) is 0 Å². The predicted octanol–water partition coefficient (Wildman–Crippen LogP) is 3.59. The van der Waals surface area contributed by atoms with Crippen LogP contribution in [0.15, 0.2) is 41.9 Å². The zero-order chi connectivity index (χ0) is 16.2. The number of allylic oxidation sites excluding steroid dienone is 2. The van der Waals surface area contributed by atoms with Gasteiger partial charge in [0.1, 0.15) is 12.4 Å². The van der Waals surface area contributed by atoms with Gasteiger partial charge in [-0.2, -0.15) is 10.1 Å². The van der Waals surface area contributed by atoms with Crippen LogP contribution >= 0.6 is 11.6 Å². The lowest BCUT2D eigenvalue weighted by molar-refractivity contribution is -0.118. The van der Waals surface area contributed by atoms with E-state index in [-0.39, 0.29) is 17.2 Å². The molecule has 2 aromatic rings. The molecule has 0 saturated carbocycles. The van der Waals surface area contributed by atoms with E-state index in [0.29, 0.717) is 17.4 Å². The summed E-state index contributed by atoms with van der Waals surface area (Å²) in [5, 5.41) is 8.29. The Kier molecular flexibility index (Phi) is 3.10. The van der Waals surface area contributed by atoms with Gasteiger partial charge in [-0.05, 0) is 29.5 Å². The van der Waals surface area contributed by atoms with Gasteiger partial charge < -0.3 is 5.32 Å². The molecule has 0 amide bonds. The number of nitrogens with one attached hydrogen (secondary N) is 1. The van der Waals surface area contributed by atoms with Crippen molar-refractivity contribution in [2.75, 3.05) is 5.32 Å². The number of anilines is 1. The lowest BCUT2D eigenvalue weighted by atomic mass is 9.73. The maximum absolute atomic E-state index is 12.8. The molecule has 1 unspecified atom stereocenters. The number of nitrogens with zero attached hydrogens (tertiary/aromatic N) is 3. The summed E-state index contributed by atoms with van der Waals surface area (Å²) in [4.78, 5) is 17.1. The Morgan fingerprint density at radius 3 is 2.74 bits per heavy atom. The van der Waals surface area contributed by atoms with E-state index in [2.05, 4.69) is 29.2 Å². The third-order valence-electron chi connectivity index (χ3n) is 4.46. The first kappa shape index (κ1) is 14.5. The number of hydrogen-bond acceptors (Lipinski definition) is 4. The van der Waals surface area contributed by atoms with Crippen molar-refractivity contribution >= 4 is 23.3 Å². The molecule has 1 aromatic heterocycles. The first-order valence-electron chi connectivity index (χ1n) is 7.63. The Morgan fingerprint density at radius 1 is 1.26 bits per heavy atom. The summed E-state index contributed by atoms with van der Waals surface area (Å²) in [6, 6.07) is 7.33. The molecule has 2 aliphatic rings. The molecule has 0 saturated heterocycles. The van der Waals surface area contributed by atoms with Crippen LogP contribution in [0.1, 0.15) is 38.3 Å². The molecule has 1 aliphatic heterocycles. The molecule has 6 heteroatoms. The standard InChI is InChI=1S/C17H17ClN4O/c1-17(2)7-12-14(13(23)8-17)15(10-3-5-11(18)6-4-10)22-16(21-12)19-9-20-22/h3-6,9,15H,7-8H2,1-2H3,(H,19,20,21). The highest BCUT2D eigenvalue weighted by molar-refractivity contribution is 6.30. The molecule has 0 spiro atoms. The van der Waals surface area contributed by atoms with E-state index >= 15 is 0 Å². The van der Waals surface area contributed by atoms with Gasteiger partial charge in [0.2, 0.25) is 5.95 Å². The number of carbonyl (C=O) groups is 1. The van der Waals surface area contributed by atoms with Crippen molar-refractivity contribution in [3.05, 3.63) is 52.4 Å². The number of fused-ring (bicyclic) bond motifs is 1. The Balaban J connectivity index is 1.89. The fraction of sp³-hybridized carbons (Fsp3) is 0.353. The first-order valence-corrected chi connectivity index (χ1v) is 8.01. The molecule has 1 aromatic carbocycles. The Morgan fingerprint density at radius 2 is 2.00 bits per heavy atom. The zero-order valence-electron chi connectivity index (χ0n) is 13.0. The third kappa shape index (κ3) is 2.36. The predicted molar refractivity (Wildman–Crippen MR) is 88.3 cm³/mol. The molecule has 1 N–H and O–H groups in total. The topological polar surface area (TPSA) is 59.8 Å². The normalized spacial score (nSPS) is 22.4. The minimum absolute atomic E-state index is 0.0460. The summed E-state index contributed by atoms with van der Waals surface area (Å²) < 4.78 is 1.78. The minimum atomic E-state index is -0.246. The van der Waals surface area contributed by atoms with Crippen LogP contribution in [-0.4, -0.2) is 20.5 Å². The molecular formula is C17H17ClN4O. The largest absolute Gasteiger partial charge is 0.328 e. The smallest absolute Gasteiger partial charge is 0.226 e. The quantitative estimate of drug-likeness (QED) is 0.869. The molecule has 1 atom stereocenters. The van der Waals surface area contributed by atoms with Crippen molar-refractivity contribution in [1.29, 1.82) is 0 Å². The van der Waals surface area contributed by atoms with Gasteiger partial charge in [-0.1, -0.05) is 37.6 Å². The molecule has 0 bridgehead atoms. The van der Waals surface area contributed by atoms with Crippen molar-refractivity contribution in [3.8, 4) is 0 Å². The van der Waals surface area contributed by atoms with Gasteiger partial charge in [-0.25, -0.2) is 4.68 Å². The number of carbonyl (C=O) groups excluding carboxylic acids is 1. The van der Waals surface area contributed by atoms with Crippen LogP contribution < -0.4 is 5.32 Å². The van der Waals surface area contributed by atoms with Crippen LogP contribution in [0.3, 0.4) is 0 Å². The molecular weight excluding hydrogens is 312 g/mol. The molecule has 2 heterocycles. The summed E-state index contributed by atoms with van der Waals surface area (Å²) in [7, 11) is 0. The molecule has 23 heavy (non-hydrogen) atoms. The maximum Gasteiger partial charge on any atom is 0.226 e. The molecule has 1 aliphatic carbocycles. The Bertz CT molecular complexity index is 819. The number of hydrogen-bond donors (Lipinski definition) is 1. The van der Waals surface area contributed by atoms with Gasteiger partial charge in [0.25, 0.3) is 0 Å². The molecule has 5 nitrogen and oxygen atoms in total. The van der Waals surface area contributed by atoms with Crippen LogP contribution in [-0.2, 0) is 4.79 Å². The van der Waals surface area contributed by atoms with Gasteiger partial charge in [-0.3, -0.25) is 4.79 Å². The van der Waals surface area contributed by atoms with Gasteiger partial charge in [0, 0.05) is 22.7 Å². The number of ketones is 1. The number of benzene rings is 1. The minimum Gasteiger partial charge on any atom is -0.328 e. The monoisotopic (exact) mass is 328 g/mol. The lowest BCUT2D eigenvalue weighted by Crippen LogP contribution is -2.36. The SMILES string of the molecule is CC1(C)CC(=O)C2=C(C1)Nc1ncnn1C2c1ccc(Cl)cc1. The number of halogens is 1. The fourth-order valence-electron chi connectivity index (χ4n) is 3.50. The van der Waals surface area contributed by atoms with E-state index in [9.17, 15) is 4.79 Å². The van der Waals surface area contributed by atoms with Crippen LogP contribution in [0.2, 0.25) is 5.02 Å². The maximum atomic E-state index is 12.8. The molecule has 4 rings (SSSR count). The summed E-state index contributed by atoms with van der Waals surface area (Å²) in [5.74, 6) is 0.846. The summed E-state index contributed by atoms with van der Waals surface area (Å²) in [6.45, 7) is 4.24. The van der Waals surface area contributed by atoms with Crippen molar-refractivity contribution in [1.82, 2.24) is 14.8 Å². The second kappa shape index (κ2) is 4.93. The van der Waals surface area contributed by atoms with E-state index in [4.69, 9.17) is 11.6 Å². The van der Waals surface area contributed by atoms with Crippen molar-refractivity contribution in [3.63, 3.8) is 0 Å². The molecule has 0 radical (unpaired) electrons. The average Bonchev–Trinajstić information content (AvgIpc) is 2.92. The van der Waals surface area contributed by atoms with Crippen LogP contribution in [0, 0.1) is 5.41 Å². The first-order chi connectivity index (χ1) is 10.9. The third-order valence-corrected chi connectivity index (χ3v) is 4.71. The van der Waals surface area contributed by atoms with E-state index in [0.717, 1.165) is 23.3 Å². The average molecular weight is 329 g/mol. The Hall–Kier alpha value is -2.14. The van der Waals surface area contributed by atoms with Crippen LogP contribution in [0.25, 0.3) is 0 Å². The second-order valence-electron chi connectivity index (χ2n) is 6.94. The van der Waals surface area contributed by atoms with Crippen molar-refractivity contribution < 1.29 is 4.79 Å². The highest BCUT2D eigenvalue weighted by Gasteiger charge is 2.41. The highest BCUT2D eigenvalue weighted by atomic mass is 35.5. The summed E-state index contributed by atoms with van der Waals surface area (Å²) in [6.07, 6.45) is 2.88. The van der Waals surface area contributed by atoms with Gasteiger partial charge in [0.15, 0.2) is 5.78 Å². The molecule has 118 valence electrons. The highest BCUT2D eigenvalue weighted by Crippen LogP contribution is 2.45. The van der Waals surface area contributed by atoms with Crippen molar-refractivity contribution in [2.24, 2.45) is 5.41 Å². The van der Waals surface area contributed by atoms with E-state index in [1.807, 2.05) is 24.3 Å². The van der Waals surface area contributed by atoms with Crippen LogP contribution in [0.4, 0.5) is 5.95 Å². The summed E-state index contributed by atoms with van der Waals surface area (Å²) >= 11 is 6.01. The lowest BCUT2D eigenvalue weighted by Gasteiger charge is -2.38. The second-order valence-corrected chi connectivity index (χ2v) is 7.38. The fourth-order valence-corrected chi connectivity index (χ4v) is 3.63.